The van der Waals surface area contributed by atoms with Gasteiger partial charge in [0, 0.05) is 18.3 Å². The Hall–Kier alpha value is -2.26. The van der Waals surface area contributed by atoms with Gasteiger partial charge in [-0.2, -0.15) is 0 Å². The van der Waals surface area contributed by atoms with Crippen LogP contribution in [0.15, 0.2) is 40.9 Å². The first-order valence-corrected chi connectivity index (χ1v) is 9.29. The molecule has 0 unspecified atom stereocenters. The monoisotopic (exact) mass is 380 g/mol. The van der Waals surface area contributed by atoms with E-state index in [0.29, 0.717) is 11.7 Å². The van der Waals surface area contributed by atoms with E-state index in [1.54, 1.807) is 11.3 Å². The lowest BCUT2D eigenvalue weighted by atomic mass is 10.3. The molecule has 2 aromatic heterocycles. The Morgan fingerprint density at radius 3 is 2.80 bits per heavy atom. The lowest BCUT2D eigenvalue weighted by Crippen LogP contribution is -2.15. The number of hydrogen-bond donors (Lipinski definition) is 1. The van der Waals surface area contributed by atoms with Crippen LogP contribution in [-0.4, -0.2) is 26.4 Å². The van der Waals surface area contributed by atoms with Crippen LogP contribution < -0.4 is 5.32 Å². The van der Waals surface area contributed by atoms with Crippen molar-refractivity contribution in [3.63, 3.8) is 0 Å². The molecule has 130 valence electrons. The minimum Gasteiger partial charge on any atom is -0.325 e. The molecule has 2 heterocycles. The molecular weight excluding hydrogens is 366 g/mol. The number of hydrogen-bond acceptors (Lipinski definition) is 5. The lowest BCUT2D eigenvalue weighted by molar-refractivity contribution is -0.113. The number of thioether (sulfide) groups is 1. The molecule has 0 spiro atoms. The van der Waals surface area contributed by atoms with Crippen LogP contribution in [0.1, 0.15) is 6.92 Å². The number of aromatic nitrogens is 3. The molecule has 0 radical (unpaired) electrons. The Bertz CT molecular complexity index is 880. The van der Waals surface area contributed by atoms with Crippen LogP contribution in [0.5, 0.6) is 0 Å². The normalized spacial score (nSPS) is 10.8. The fourth-order valence-electron chi connectivity index (χ4n) is 2.17. The quantitative estimate of drug-likeness (QED) is 0.656. The van der Waals surface area contributed by atoms with Gasteiger partial charge < -0.3 is 9.88 Å². The van der Waals surface area contributed by atoms with Crippen molar-refractivity contribution < 1.29 is 13.6 Å². The van der Waals surface area contributed by atoms with E-state index in [2.05, 4.69) is 15.5 Å². The summed E-state index contributed by atoms with van der Waals surface area (Å²) in [6, 6.07) is 7.13. The summed E-state index contributed by atoms with van der Waals surface area (Å²) < 4.78 is 28.0. The zero-order chi connectivity index (χ0) is 17.8. The number of amides is 1. The molecule has 25 heavy (non-hydrogen) atoms. The van der Waals surface area contributed by atoms with Crippen LogP contribution in [-0.2, 0) is 11.3 Å². The molecule has 0 saturated heterocycles. The summed E-state index contributed by atoms with van der Waals surface area (Å²) in [5, 5.41) is 13.5. The predicted octanol–water partition coefficient (Wildman–Crippen LogP) is 4.04. The molecule has 0 aliphatic heterocycles. The van der Waals surface area contributed by atoms with Crippen LogP contribution in [0, 0.1) is 11.6 Å². The number of rotatable bonds is 6. The number of nitrogens with one attached hydrogen (secondary N) is 1. The van der Waals surface area contributed by atoms with E-state index in [1.807, 2.05) is 29.0 Å². The van der Waals surface area contributed by atoms with Crippen molar-refractivity contribution in [3.05, 3.63) is 47.3 Å². The van der Waals surface area contributed by atoms with E-state index in [-0.39, 0.29) is 17.3 Å². The van der Waals surface area contributed by atoms with Crippen molar-refractivity contribution in [1.29, 1.82) is 0 Å². The van der Waals surface area contributed by atoms with Crippen molar-refractivity contribution >= 4 is 34.7 Å². The van der Waals surface area contributed by atoms with Gasteiger partial charge in [-0.3, -0.25) is 4.79 Å². The van der Waals surface area contributed by atoms with Gasteiger partial charge in [-0.15, -0.1) is 21.5 Å². The van der Waals surface area contributed by atoms with Gasteiger partial charge in [0.25, 0.3) is 0 Å². The third-order valence-electron chi connectivity index (χ3n) is 3.31. The Balaban J connectivity index is 1.65. The lowest BCUT2D eigenvalue weighted by Gasteiger charge is -2.07. The summed E-state index contributed by atoms with van der Waals surface area (Å²) in [5.74, 6) is -1.44. The maximum atomic E-state index is 13.2. The number of nitrogens with zero attached hydrogens (tertiary/aromatic N) is 3. The van der Waals surface area contributed by atoms with E-state index < -0.39 is 11.6 Å². The van der Waals surface area contributed by atoms with E-state index >= 15 is 0 Å². The van der Waals surface area contributed by atoms with Gasteiger partial charge in [-0.1, -0.05) is 17.8 Å². The van der Waals surface area contributed by atoms with E-state index in [0.717, 1.165) is 22.8 Å². The molecule has 0 fully saturated rings. The third kappa shape index (κ3) is 4.05. The summed E-state index contributed by atoms with van der Waals surface area (Å²) in [6.45, 7) is 2.65. The first-order valence-electron chi connectivity index (χ1n) is 7.43. The number of thiophene rings is 1. The second-order valence-electron chi connectivity index (χ2n) is 4.99. The summed E-state index contributed by atoms with van der Waals surface area (Å²) in [5.41, 5.74) is 0.209. The summed E-state index contributed by atoms with van der Waals surface area (Å²) in [4.78, 5) is 13.0. The number of carbonyl (C=O) groups is 1. The molecule has 1 amide bonds. The van der Waals surface area contributed by atoms with Crippen molar-refractivity contribution in [2.75, 3.05) is 11.1 Å². The van der Waals surface area contributed by atoms with Gasteiger partial charge in [0.2, 0.25) is 5.91 Å². The van der Waals surface area contributed by atoms with Crippen LogP contribution >= 0.6 is 23.1 Å². The fraction of sp³-hybridized carbons (Fsp3) is 0.188. The van der Waals surface area contributed by atoms with Crippen LogP contribution in [0.3, 0.4) is 0 Å². The van der Waals surface area contributed by atoms with Crippen molar-refractivity contribution in [2.24, 2.45) is 0 Å². The van der Waals surface area contributed by atoms with Gasteiger partial charge in [0.15, 0.2) is 22.6 Å². The maximum Gasteiger partial charge on any atom is 0.234 e. The average Bonchev–Trinajstić information content (AvgIpc) is 3.24. The summed E-state index contributed by atoms with van der Waals surface area (Å²) in [7, 11) is 0. The van der Waals surface area contributed by atoms with Crippen molar-refractivity contribution in [1.82, 2.24) is 14.8 Å². The minimum atomic E-state index is -1.00. The molecule has 0 aliphatic rings. The Kier molecular flexibility index (Phi) is 5.44. The Morgan fingerprint density at radius 2 is 2.12 bits per heavy atom. The number of benzene rings is 1. The molecule has 1 aromatic carbocycles. The standard InChI is InChI=1S/C16H14F2N4OS2/c1-2-22-15(13-4-3-7-24-13)20-21-16(22)25-9-14(23)19-10-5-6-11(17)12(18)8-10/h3-8H,2,9H2,1H3,(H,19,23). The molecule has 0 aliphatic carbocycles. The van der Waals surface area contributed by atoms with Gasteiger partial charge in [-0.25, -0.2) is 8.78 Å². The SMILES string of the molecule is CCn1c(SCC(=O)Nc2ccc(F)c(F)c2)nnc1-c1cccs1. The molecule has 9 heteroatoms. The smallest absolute Gasteiger partial charge is 0.234 e. The zero-order valence-electron chi connectivity index (χ0n) is 13.2. The highest BCUT2D eigenvalue weighted by Crippen LogP contribution is 2.27. The first kappa shape index (κ1) is 17.6. The Morgan fingerprint density at radius 1 is 1.28 bits per heavy atom. The van der Waals surface area contributed by atoms with E-state index in [4.69, 9.17) is 0 Å². The van der Waals surface area contributed by atoms with Crippen molar-refractivity contribution in [2.45, 2.75) is 18.6 Å². The molecule has 1 N–H and O–H groups in total. The molecule has 5 nitrogen and oxygen atoms in total. The highest BCUT2D eigenvalue weighted by molar-refractivity contribution is 7.99. The zero-order valence-corrected chi connectivity index (χ0v) is 14.8. The largest absolute Gasteiger partial charge is 0.325 e. The summed E-state index contributed by atoms with van der Waals surface area (Å²) >= 11 is 2.81. The number of anilines is 1. The Labute approximate surface area is 151 Å². The topological polar surface area (TPSA) is 59.8 Å². The number of carbonyl (C=O) groups excluding carboxylic acids is 1. The van der Waals surface area contributed by atoms with Gasteiger partial charge in [0.1, 0.15) is 0 Å². The molecule has 0 atom stereocenters. The van der Waals surface area contributed by atoms with Crippen LogP contribution in [0.25, 0.3) is 10.7 Å². The molecule has 0 bridgehead atoms. The number of halogens is 2. The molecular formula is C16H14F2N4OS2. The van der Waals surface area contributed by atoms with Crippen molar-refractivity contribution in [3.8, 4) is 10.7 Å². The average molecular weight is 380 g/mol. The molecule has 3 aromatic rings. The third-order valence-corrected chi connectivity index (χ3v) is 5.14. The fourth-order valence-corrected chi connectivity index (χ4v) is 3.69. The second-order valence-corrected chi connectivity index (χ2v) is 6.88. The summed E-state index contributed by atoms with van der Waals surface area (Å²) in [6.07, 6.45) is 0. The van der Waals surface area contributed by atoms with Crippen LogP contribution in [0.4, 0.5) is 14.5 Å². The highest BCUT2D eigenvalue weighted by Gasteiger charge is 2.15. The van der Waals surface area contributed by atoms with Gasteiger partial charge >= 0.3 is 0 Å². The molecule has 3 rings (SSSR count). The first-order chi connectivity index (χ1) is 12.1. The second kappa shape index (κ2) is 7.75. The van der Waals surface area contributed by atoms with E-state index in [9.17, 15) is 13.6 Å². The molecule has 0 saturated carbocycles. The maximum absolute atomic E-state index is 13.2. The van der Waals surface area contributed by atoms with Gasteiger partial charge in [-0.05, 0) is 30.5 Å². The minimum absolute atomic E-state index is 0.0849. The predicted molar refractivity (Wildman–Crippen MR) is 94.7 cm³/mol. The van der Waals surface area contributed by atoms with Crippen LogP contribution in [0.2, 0.25) is 0 Å². The van der Waals surface area contributed by atoms with Gasteiger partial charge in [0.05, 0.1) is 10.6 Å². The highest BCUT2D eigenvalue weighted by atomic mass is 32.2. The van der Waals surface area contributed by atoms with E-state index in [1.165, 1.54) is 17.8 Å².